The summed E-state index contributed by atoms with van der Waals surface area (Å²) in [5.41, 5.74) is 3.25. The third kappa shape index (κ3) is 3.97. The molecule has 2 aromatic heterocycles. The van der Waals surface area contributed by atoms with Crippen molar-refractivity contribution in [3.63, 3.8) is 0 Å². The fourth-order valence-electron chi connectivity index (χ4n) is 2.99. The van der Waals surface area contributed by atoms with Gasteiger partial charge in [-0.15, -0.1) is 0 Å². The molecule has 0 bridgehead atoms. The number of aromatic nitrogens is 3. The first-order valence-electron chi connectivity index (χ1n) is 8.81. The number of nitrogens with one attached hydrogen (secondary N) is 3. The smallest absolute Gasteiger partial charge is 0.255 e. The van der Waals surface area contributed by atoms with Gasteiger partial charge in [0.1, 0.15) is 11.0 Å². The fraction of sp³-hybridized carbons (Fsp3) is 0.0952. The maximum atomic E-state index is 12.6. The molecule has 0 aliphatic carbocycles. The number of fused-ring (bicyclic) bond motifs is 1. The lowest BCUT2D eigenvalue weighted by molar-refractivity contribution is 0.102. The Morgan fingerprint density at radius 2 is 2.04 bits per heavy atom. The average molecular weight is 392 g/mol. The quantitative estimate of drug-likeness (QED) is 0.445. The normalized spacial score (nSPS) is 11.9. The molecule has 2 aromatic carbocycles. The Morgan fingerprint density at radius 1 is 1.14 bits per heavy atom. The molecule has 2 heterocycles. The van der Waals surface area contributed by atoms with Crippen LogP contribution in [-0.2, 0) is 0 Å². The van der Waals surface area contributed by atoms with E-state index in [9.17, 15) is 4.79 Å². The van der Waals surface area contributed by atoms with E-state index in [2.05, 4.69) is 25.6 Å². The number of amides is 1. The lowest BCUT2D eigenvalue weighted by Gasteiger charge is -2.16. The third-order valence-electron chi connectivity index (χ3n) is 4.43. The lowest BCUT2D eigenvalue weighted by atomic mass is 10.1. The molecule has 6 nitrogen and oxygen atoms in total. The number of rotatable bonds is 5. The highest BCUT2D eigenvalue weighted by Gasteiger charge is 2.11. The van der Waals surface area contributed by atoms with Crippen molar-refractivity contribution < 1.29 is 4.79 Å². The van der Waals surface area contributed by atoms with E-state index in [1.54, 1.807) is 6.20 Å². The fourth-order valence-corrected chi connectivity index (χ4v) is 3.14. The average Bonchev–Trinajstić information content (AvgIpc) is 3.16. The van der Waals surface area contributed by atoms with Crippen LogP contribution in [0.2, 0.25) is 5.15 Å². The van der Waals surface area contributed by atoms with Crippen molar-refractivity contribution in [3.8, 4) is 0 Å². The number of aromatic amines is 1. The lowest BCUT2D eigenvalue weighted by Crippen LogP contribution is -2.13. The molecule has 0 saturated carbocycles. The molecule has 0 radical (unpaired) electrons. The highest BCUT2D eigenvalue weighted by Crippen LogP contribution is 2.22. The summed E-state index contributed by atoms with van der Waals surface area (Å²) in [7, 11) is 0. The standard InChI is InChI=1S/C21H18ClN5O/c1-13(25-20-12-23-11-19(22)27-20)15-3-2-4-17(9-15)26-21(28)16-6-5-14-7-8-24-18(14)10-16/h2-13,24H,1H3,(H,25,27)(H,26,28)/t13-/m0/s1. The molecule has 140 valence electrons. The van der Waals surface area contributed by atoms with E-state index < -0.39 is 0 Å². The van der Waals surface area contributed by atoms with Gasteiger partial charge in [0, 0.05) is 23.0 Å². The van der Waals surface area contributed by atoms with E-state index in [1.807, 2.05) is 61.7 Å². The first kappa shape index (κ1) is 18.0. The van der Waals surface area contributed by atoms with Crippen LogP contribution >= 0.6 is 11.6 Å². The van der Waals surface area contributed by atoms with Crippen molar-refractivity contribution in [1.82, 2.24) is 15.0 Å². The SMILES string of the molecule is C[C@H](Nc1cncc(Cl)n1)c1cccc(NC(=O)c2ccc3cc[nH]c3c2)c1. The summed E-state index contributed by atoms with van der Waals surface area (Å²) in [6.07, 6.45) is 4.96. The number of carbonyl (C=O) groups is 1. The zero-order valence-electron chi connectivity index (χ0n) is 15.1. The van der Waals surface area contributed by atoms with Crippen molar-refractivity contribution in [1.29, 1.82) is 0 Å². The molecule has 0 spiro atoms. The van der Waals surface area contributed by atoms with E-state index in [1.165, 1.54) is 6.20 Å². The second-order valence-electron chi connectivity index (χ2n) is 6.45. The number of halogens is 1. The van der Waals surface area contributed by atoms with Crippen molar-refractivity contribution >= 4 is 39.9 Å². The number of anilines is 2. The molecule has 0 saturated heterocycles. The second-order valence-corrected chi connectivity index (χ2v) is 6.84. The van der Waals surface area contributed by atoms with Crippen LogP contribution in [0.4, 0.5) is 11.5 Å². The van der Waals surface area contributed by atoms with Crippen molar-refractivity contribution in [2.75, 3.05) is 10.6 Å². The van der Waals surface area contributed by atoms with Crippen molar-refractivity contribution in [2.45, 2.75) is 13.0 Å². The van der Waals surface area contributed by atoms with Gasteiger partial charge in [-0.2, -0.15) is 0 Å². The van der Waals surface area contributed by atoms with Crippen LogP contribution in [0.1, 0.15) is 28.9 Å². The minimum Gasteiger partial charge on any atom is -0.362 e. The van der Waals surface area contributed by atoms with E-state index in [4.69, 9.17) is 11.6 Å². The molecule has 4 rings (SSSR count). The van der Waals surface area contributed by atoms with Gasteiger partial charge in [0.2, 0.25) is 0 Å². The van der Waals surface area contributed by atoms with Crippen LogP contribution in [0.3, 0.4) is 0 Å². The van der Waals surface area contributed by atoms with Gasteiger partial charge < -0.3 is 15.6 Å². The van der Waals surface area contributed by atoms with Crippen LogP contribution in [0.25, 0.3) is 10.9 Å². The van der Waals surface area contributed by atoms with Crippen LogP contribution in [0, 0.1) is 0 Å². The number of nitrogens with zero attached hydrogens (tertiary/aromatic N) is 2. The highest BCUT2D eigenvalue weighted by molar-refractivity contribution is 6.29. The Balaban J connectivity index is 1.49. The van der Waals surface area contributed by atoms with E-state index >= 15 is 0 Å². The van der Waals surface area contributed by atoms with Crippen LogP contribution in [0.5, 0.6) is 0 Å². The molecule has 3 N–H and O–H groups in total. The van der Waals surface area contributed by atoms with Gasteiger partial charge >= 0.3 is 0 Å². The van der Waals surface area contributed by atoms with Crippen molar-refractivity contribution in [3.05, 3.63) is 83.4 Å². The largest absolute Gasteiger partial charge is 0.362 e. The summed E-state index contributed by atoms with van der Waals surface area (Å²) in [4.78, 5) is 23.9. The number of hydrogen-bond donors (Lipinski definition) is 3. The van der Waals surface area contributed by atoms with E-state index in [0.29, 0.717) is 16.5 Å². The van der Waals surface area contributed by atoms with Crippen LogP contribution in [-0.4, -0.2) is 20.9 Å². The van der Waals surface area contributed by atoms with Crippen molar-refractivity contribution in [2.24, 2.45) is 0 Å². The molecule has 0 aliphatic rings. The number of carbonyl (C=O) groups excluding carboxylic acids is 1. The molecule has 4 aromatic rings. The molecule has 1 atom stereocenters. The molecule has 1 amide bonds. The zero-order chi connectivity index (χ0) is 19.5. The first-order chi connectivity index (χ1) is 13.6. The van der Waals surface area contributed by atoms with Gasteiger partial charge in [-0.1, -0.05) is 29.8 Å². The maximum absolute atomic E-state index is 12.6. The predicted molar refractivity (Wildman–Crippen MR) is 112 cm³/mol. The maximum Gasteiger partial charge on any atom is 0.255 e. The van der Waals surface area contributed by atoms with Gasteiger partial charge in [-0.3, -0.25) is 9.78 Å². The topological polar surface area (TPSA) is 82.7 Å². The first-order valence-corrected chi connectivity index (χ1v) is 9.19. The number of hydrogen-bond acceptors (Lipinski definition) is 4. The number of benzene rings is 2. The molecular formula is C21H18ClN5O. The highest BCUT2D eigenvalue weighted by atomic mass is 35.5. The monoisotopic (exact) mass is 391 g/mol. The molecule has 0 unspecified atom stereocenters. The summed E-state index contributed by atoms with van der Waals surface area (Å²) >= 11 is 5.88. The Labute approximate surface area is 167 Å². The van der Waals surface area contributed by atoms with Gasteiger partial charge in [0.05, 0.1) is 18.4 Å². The number of H-pyrrole nitrogens is 1. The van der Waals surface area contributed by atoms with E-state index in [0.717, 1.165) is 22.2 Å². The summed E-state index contributed by atoms with van der Waals surface area (Å²) in [6, 6.07) is 15.2. The summed E-state index contributed by atoms with van der Waals surface area (Å²) < 4.78 is 0. The Hall–Kier alpha value is -3.38. The molecule has 0 fully saturated rings. The second kappa shape index (κ2) is 7.70. The van der Waals surface area contributed by atoms with Gasteiger partial charge in [0.15, 0.2) is 0 Å². The van der Waals surface area contributed by atoms with E-state index in [-0.39, 0.29) is 11.9 Å². The molecular weight excluding hydrogens is 374 g/mol. The third-order valence-corrected chi connectivity index (χ3v) is 4.61. The minimum absolute atomic E-state index is 0.0418. The summed E-state index contributed by atoms with van der Waals surface area (Å²) in [5, 5.41) is 7.61. The van der Waals surface area contributed by atoms with Gasteiger partial charge in [-0.05, 0) is 48.2 Å². The summed E-state index contributed by atoms with van der Waals surface area (Å²) in [6.45, 7) is 2.00. The molecule has 7 heteroatoms. The van der Waals surface area contributed by atoms with Gasteiger partial charge in [0.25, 0.3) is 5.91 Å². The molecule has 0 aliphatic heterocycles. The summed E-state index contributed by atoms with van der Waals surface area (Å²) in [5.74, 6) is 0.434. The zero-order valence-corrected chi connectivity index (χ0v) is 15.9. The van der Waals surface area contributed by atoms with Crippen LogP contribution < -0.4 is 10.6 Å². The van der Waals surface area contributed by atoms with Gasteiger partial charge in [-0.25, -0.2) is 4.98 Å². The van der Waals surface area contributed by atoms with Crippen LogP contribution in [0.15, 0.2) is 67.1 Å². The predicted octanol–water partition coefficient (Wildman–Crippen LogP) is 5.04. The Bertz CT molecular complexity index is 1140. The molecule has 28 heavy (non-hydrogen) atoms. The Morgan fingerprint density at radius 3 is 2.89 bits per heavy atom. The Kier molecular flexibility index (Phi) is 4.95. The minimum atomic E-state index is -0.157.